The Morgan fingerprint density at radius 3 is 2.69 bits per heavy atom. The number of hydrogen-bond donors (Lipinski definition) is 1. The summed E-state index contributed by atoms with van der Waals surface area (Å²) in [6.45, 7) is 2.05. The van der Waals surface area contributed by atoms with Crippen molar-refractivity contribution in [3.8, 4) is 5.75 Å². The van der Waals surface area contributed by atoms with Gasteiger partial charge in [-0.05, 0) is 36.5 Å². The molecule has 3 heteroatoms. The summed E-state index contributed by atoms with van der Waals surface area (Å²) in [5.74, 6) is 1.81. The van der Waals surface area contributed by atoms with Gasteiger partial charge in [-0.3, -0.25) is 0 Å². The van der Waals surface area contributed by atoms with Crippen LogP contribution in [-0.2, 0) is 0 Å². The fourth-order valence-corrected chi connectivity index (χ4v) is 1.92. The summed E-state index contributed by atoms with van der Waals surface area (Å²) in [6, 6.07) is 6.45. The lowest BCUT2D eigenvalue weighted by Gasteiger charge is -2.13. The van der Waals surface area contributed by atoms with E-state index in [0.717, 1.165) is 18.1 Å². The Morgan fingerprint density at radius 1 is 1.44 bits per heavy atom. The first-order valence-electron chi connectivity index (χ1n) is 5.61. The number of nitrogens with two attached hydrogens (primary N) is 1. The number of methoxy groups -OCH3 is 1. The Hall–Kier alpha value is -0.730. The second-order valence-corrected chi connectivity index (χ2v) is 4.51. The van der Waals surface area contributed by atoms with E-state index in [4.69, 9.17) is 10.5 Å². The highest BCUT2D eigenvalue weighted by Gasteiger charge is 2.24. The van der Waals surface area contributed by atoms with Gasteiger partial charge < -0.3 is 10.5 Å². The number of hydrogen-bond acceptors (Lipinski definition) is 2. The maximum atomic E-state index is 6.15. The molecule has 0 aromatic heterocycles. The third kappa shape index (κ3) is 3.13. The first-order valence-corrected chi connectivity index (χ1v) is 5.61. The molecule has 0 bridgehead atoms. The molecule has 0 unspecified atom stereocenters. The molecule has 0 saturated heterocycles. The lowest BCUT2D eigenvalue weighted by molar-refractivity contribution is 0.410. The fourth-order valence-electron chi connectivity index (χ4n) is 1.92. The van der Waals surface area contributed by atoms with Gasteiger partial charge in [0.2, 0.25) is 0 Å². The summed E-state index contributed by atoms with van der Waals surface area (Å²) in [5.41, 5.74) is 8.52. The fraction of sp³-hybridized carbons (Fsp3) is 0.538. The molecule has 2 N–H and O–H groups in total. The van der Waals surface area contributed by atoms with Crippen molar-refractivity contribution in [2.24, 2.45) is 11.7 Å². The quantitative estimate of drug-likeness (QED) is 0.879. The van der Waals surface area contributed by atoms with Crippen LogP contribution in [0.4, 0.5) is 0 Å². The number of rotatable bonds is 4. The molecule has 1 saturated carbocycles. The predicted molar refractivity (Wildman–Crippen MR) is 69.2 cm³/mol. The molecule has 1 aromatic rings. The van der Waals surface area contributed by atoms with Crippen molar-refractivity contribution in [3.63, 3.8) is 0 Å². The zero-order valence-corrected chi connectivity index (χ0v) is 10.7. The monoisotopic (exact) mass is 241 g/mol. The minimum Gasteiger partial charge on any atom is -0.496 e. The van der Waals surface area contributed by atoms with Crippen LogP contribution in [0.3, 0.4) is 0 Å². The van der Waals surface area contributed by atoms with Crippen molar-refractivity contribution in [3.05, 3.63) is 29.3 Å². The van der Waals surface area contributed by atoms with Gasteiger partial charge in [0, 0.05) is 6.04 Å². The molecule has 0 amide bonds. The van der Waals surface area contributed by atoms with Gasteiger partial charge in [-0.2, -0.15) is 0 Å². The van der Waals surface area contributed by atoms with E-state index in [1.165, 1.54) is 24.0 Å². The summed E-state index contributed by atoms with van der Waals surface area (Å²) in [5, 5.41) is 0. The van der Waals surface area contributed by atoms with Crippen LogP contribution < -0.4 is 10.5 Å². The van der Waals surface area contributed by atoms with Crippen LogP contribution in [0.25, 0.3) is 0 Å². The van der Waals surface area contributed by atoms with Gasteiger partial charge in [0.1, 0.15) is 5.75 Å². The normalized spacial score (nSPS) is 16.4. The Kier molecular flexibility index (Phi) is 4.63. The van der Waals surface area contributed by atoms with Gasteiger partial charge in [-0.1, -0.05) is 25.0 Å². The first-order chi connectivity index (χ1) is 7.20. The molecule has 0 radical (unpaired) electrons. The SMILES string of the molecule is COc1cc([C@H](N)CC2CC2)ccc1C.Cl. The average Bonchev–Trinajstić information content (AvgIpc) is 3.02. The van der Waals surface area contributed by atoms with Gasteiger partial charge in [0.15, 0.2) is 0 Å². The Labute approximate surface area is 104 Å². The van der Waals surface area contributed by atoms with Gasteiger partial charge in [-0.15, -0.1) is 12.4 Å². The lowest BCUT2D eigenvalue weighted by atomic mass is 10.0. The lowest BCUT2D eigenvalue weighted by Crippen LogP contribution is -2.11. The van der Waals surface area contributed by atoms with Crippen molar-refractivity contribution in [1.29, 1.82) is 0 Å². The van der Waals surface area contributed by atoms with Crippen LogP contribution in [0.15, 0.2) is 18.2 Å². The second kappa shape index (κ2) is 5.55. The van der Waals surface area contributed by atoms with Crippen LogP contribution in [0.1, 0.15) is 36.4 Å². The number of benzene rings is 1. The highest BCUT2D eigenvalue weighted by molar-refractivity contribution is 5.85. The Bertz CT molecular complexity index is 350. The number of aryl methyl sites for hydroxylation is 1. The van der Waals surface area contributed by atoms with Crippen molar-refractivity contribution >= 4 is 12.4 Å². The van der Waals surface area contributed by atoms with Gasteiger partial charge in [-0.25, -0.2) is 0 Å². The summed E-state index contributed by atoms with van der Waals surface area (Å²) in [4.78, 5) is 0. The maximum Gasteiger partial charge on any atom is 0.122 e. The van der Waals surface area contributed by atoms with E-state index < -0.39 is 0 Å². The van der Waals surface area contributed by atoms with Crippen LogP contribution in [0.5, 0.6) is 5.75 Å². The van der Waals surface area contributed by atoms with Crippen LogP contribution in [-0.4, -0.2) is 7.11 Å². The molecule has 2 rings (SSSR count). The van der Waals surface area contributed by atoms with Crippen molar-refractivity contribution in [2.75, 3.05) is 7.11 Å². The molecule has 1 atom stereocenters. The zero-order valence-electron chi connectivity index (χ0n) is 9.90. The van der Waals surface area contributed by atoms with Crippen molar-refractivity contribution in [1.82, 2.24) is 0 Å². The topological polar surface area (TPSA) is 35.2 Å². The van der Waals surface area contributed by atoms with E-state index in [1.54, 1.807) is 7.11 Å². The van der Waals surface area contributed by atoms with Crippen molar-refractivity contribution < 1.29 is 4.74 Å². The summed E-state index contributed by atoms with van der Waals surface area (Å²) >= 11 is 0. The molecular weight excluding hydrogens is 222 g/mol. The minimum absolute atomic E-state index is 0. The maximum absolute atomic E-state index is 6.15. The Morgan fingerprint density at radius 2 is 2.12 bits per heavy atom. The molecule has 1 aliphatic rings. The van der Waals surface area contributed by atoms with E-state index in [9.17, 15) is 0 Å². The number of halogens is 1. The van der Waals surface area contributed by atoms with Crippen LogP contribution >= 0.6 is 12.4 Å². The summed E-state index contributed by atoms with van der Waals surface area (Å²) in [6.07, 6.45) is 3.83. The molecule has 1 aliphatic carbocycles. The standard InChI is InChI=1S/C13H19NO.ClH/c1-9-3-6-11(8-13(9)15-2)12(14)7-10-4-5-10;/h3,6,8,10,12H,4-5,7,14H2,1-2H3;1H/t12-;/m1./s1. The molecule has 2 nitrogen and oxygen atoms in total. The summed E-state index contributed by atoms with van der Waals surface area (Å²) in [7, 11) is 1.71. The molecule has 0 spiro atoms. The average molecular weight is 242 g/mol. The zero-order chi connectivity index (χ0) is 10.8. The van der Waals surface area contributed by atoms with Gasteiger partial charge in [0.25, 0.3) is 0 Å². The van der Waals surface area contributed by atoms with Gasteiger partial charge >= 0.3 is 0 Å². The minimum atomic E-state index is 0. The molecule has 1 fully saturated rings. The highest BCUT2D eigenvalue weighted by atomic mass is 35.5. The largest absolute Gasteiger partial charge is 0.496 e. The van der Waals surface area contributed by atoms with E-state index in [1.807, 2.05) is 0 Å². The predicted octanol–water partition coefficient (Wildman–Crippen LogP) is 3.23. The molecule has 0 heterocycles. The van der Waals surface area contributed by atoms with Crippen molar-refractivity contribution in [2.45, 2.75) is 32.2 Å². The van der Waals surface area contributed by atoms with Crippen LogP contribution in [0, 0.1) is 12.8 Å². The first kappa shape index (κ1) is 13.3. The van der Waals surface area contributed by atoms with Gasteiger partial charge in [0.05, 0.1) is 7.11 Å². The summed E-state index contributed by atoms with van der Waals surface area (Å²) < 4.78 is 5.30. The third-order valence-electron chi connectivity index (χ3n) is 3.14. The van der Waals surface area contributed by atoms with E-state index >= 15 is 0 Å². The molecule has 0 aliphatic heterocycles. The van der Waals surface area contributed by atoms with E-state index in [-0.39, 0.29) is 18.4 Å². The molecule has 1 aromatic carbocycles. The second-order valence-electron chi connectivity index (χ2n) is 4.51. The molecule has 16 heavy (non-hydrogen) atoms. The van der Waals surface area contributed by atoms with E-state index in [0.29, 0.717) is 0 Å². The third-order valence-corrected chi connectivity index (χ3v) is 3.14. The number of ether oxygens (including phenoxy) is 1. The van der Waals surface area contributed by atoms with Crippen LogP contribution in [0.2, 0.25) is 0 Å². The van der Waals surface area contributed by atoms with E-state index in [2.05, 4.69) is 25.1 Å². The molecule has 90 valence electrons. The Balaban J connectivity index is 0.00000128. The highest BCUT2D eigenvalue weighted by Crippen LogP contribution is 2.37. The smallest absolute Gasteiger partial charge is 0.122 e. The molecular formula is C13H20ClNO.